The van der Waals surface area contributed by atoms with E-state index in [0.29, 0.717) is 31.5 Å². The van der Waals surface area contributed by atoms with Crippen molar-refractivity contribution in [2.45, 2.75) is 32.3 Å². The summed E-state index contributed by atoms with van der Waals surface area (Å²) in [6.07, 6.45) is 1.20. The molecule has 1 fully saturated rings. The van der Waals surface area contributed by atoms with Gasteiger partial charge in [0.1, 0.15) is 6.61 Å². The van der Waals surface area contributed by atoms with Crippen molar-refractivity contribution < 1.29 is 15.0 Å². The fraction of sp³-hybridized carbons (Fsp3) is 0.471. The minimum Gasteiger partial charge on any atom is -0.390 e. The van der Waals surface area contributed by atoms with Crippen LogP contribution in [0.15, 0.2) is 18.2 Å². The van der Waals surface area contributed by atoms with Gasteiger partial charge in [0.05, 0.1) is 5.60 Å². The maximum atomic E-state index is 12.5. The number of carbonyl (C=O) groups is 1. The Kier molecular flexibility index (Phi) is 4.66. The third-order valence-corrected chi connectivity index (χ3v) is 3.91. The van der Waals surface area contributed by atoms with Gasteiger partial charge in [-0.1, -0.05) is 17.9 Å². The SMILES string of the molecule is Cc1ccc(C(=O)N2CCC(C)(O)CC2)cc1C#CCO. The van der Waals surface area contributed by atoms with Gasteiger partial charge in [-0.3, -0.25) is 4.79 Å². The van der Waals surface area contributed by atoms with Crippen LogP contribution in [0.4, 0.5) is 0 Å². The van der Waals surface area contributed by atoms with Gasteiger partial charge in [-0.25, -0.2) is 0 Å². The van der Waals surface area contributed by atoms with Crippen LogP contribution in [-0.2, 0) is 0 Å². The maximum absolute atomic E-state index is 12.5. The van der Waals surface area contributed by atoms with Gasteiger partial charge in [0.25, 0.3) is 5.91 Å². The topological polar surface area (TPSA) is 60.8 Å². The highest BCUT2D eigenvalue weighted by atomic mass is 16.3. The van der Waals surface area contributed by atoms with Gasteiger partial charge in [-0.2, -0.15) is 0 Å². The number of aliphatic hydroxyl groups excluding tert-OH is 1. The summed E-state index contributed by atoms with van der Waals surface area (Å²) in [4.78, 5) is 14.3. The van der Waals surface area contributed by atoms with Crippen molar-refractivity contribution in [3.8, 4) is 11.8 Å². The molecule has 1 saturated heterocycles. The summed E-state index contributed by atoms with van der Waals surface area (Å²) < 4.78 is 0. The molecule has 112 valence electrons. The zero-order chi connectivity index (χ0) is 15.5. The Balaban J connectivity index is 2.16. The molecule has 2 N–H and O–H groups in total. The highest BCUT2D eigenvalue weighted by molar-refractivity contribution is 5.94. The van der Waals surface area contributed by atoms with Crippen molar-refractivity contribution in [3.63, 3.8) is 0 Å². The third-order valence-electron chi connectivity index (χ3n) is 3.91. The largest absolute Gasteiger partial charge is 0.390 e. The number of aryl methyl sites for hydroxylation is 1. The van der Waals surface area contributed by atoms with E-state index in [1.165, 1.54) is 0 Å². The number of carbonyl (C=O) groups excluding carboxylic acids is 1. The summed E-state index contributed by atoms with van der Waals surface area (Å²) in [7, 11) is 0. The summed E-state index contributed by atoms with van der Waals surface area (Å²) in [5.41, 5.74) is 1.68. The van der Waals surface area contributed by atoms with E-state index in [1.807, 2.05) is 19.9 Å². The Morgan fingerprint density at radius 2 is 2.05 bits per heavy atom. The average molecular weight is 287 g/mol. The number of hydrogen-bond acceptors (Lipinski definition) is 3. The lowest BCUT2D eigenvalue weighted by atomic mass is 9.93. The normalized spacial score (nSPS) is 17.0. The van der Waals surface area contributed by atoms with Gasteiger partial charge >= 0.3 is 0 Å². The number of hydrogen-bond donors (Lipinski definition) is 2. The number of piperidine rings is 1. The Labute approximate surface area is 125 Å². The molecule has 1 aliphatic rings. The minimum absolute atomic E-state index is 0.0300. The van der Waals surface area contributed by atoms with Gasteiger partial charge in [0, 0.05) is 24.2 Å². The van der Waals surface area contributed by atoms with Crippen LogP contribution in [0.5, 0.6) is 0 Å². The van der Waals surface area contributed by atoms with E-state index in [-0.39, 0.29) is 12.5 Å². The highest BCUT2D eigenvalue weighted by Gasteiger charge is 2.29. The lowest BCUT2D eigenvalue weighted by Gasteiger charge is -2.35. The second-order valence-electron chi connectivity index (χ2n) is 5.78. The molecule has 0 radical (unpaired) electrons. The first-order valence-electron chi connectivity index (χ1n) is 7.15. The maximum Gasteiger partial charge on any atom is 0.253 e. The van der Waals surface area contributed by atoms with Gasteiger partial charge in [0.15, 0.2) is 0 Å². The second kappa shape index (κ2) is 6.30. The molecule has 1 aromatic carbocycles. The number of rotatable bonds is 1. The molecule has 1 aliphatic heterocycles. The van der Waals surface area contributed by atoms with E-state index in [2.05, 4.69) is 11.8 Å². The first-order chi connectivity index (χ1) is 9.93. The minimum atomic E-state index is -0.665. The van der Waals surface area contributed by atoms with Crippen molar-refractivity contribution in [1.82, 2.24) is 4.90 Å². The predicted octanol–water partition coefficient (Wildman–Crippen LogP) is 1.33. The molecule has 4 nitrogen and oxygen atoms in total. The molecule has 0 unspecified atom stereocenters. The Hall–Kier alpha value is -1.83. The predicted molar refractivity (Wildman–Crippen MR) is 80.9 cm³/mol. The molecule has 1 heterocycles. The molecule has 21 heavy (non-hydrogen) atoms. The lowest BCUT2D eigenvalue weighted by molar-refractivity contribution is -0.00202. The molecule has 0 atom stereocenters. The van der Waals surface area contributed by atoms with E-state index in [4.69, 9.17) is 5.11 Å². The van der Waals surface area contributed by atoms with E-state index < -0.39 is 5.60 Å². The lowest BCUT2D eigenvalue weighted by Crippen LogP contribution is -2.45. The average Bonchev–Trinajstić information content (AvgIpc) is 2.46. The molecule has 0 aromatic heterocycles. The molecule has 2 rings (SSSR count). The molecule has 0 spiro atoms. The van der Waals surface area contributed by atoms with E-state index >= 15 is 0 Å². The first kappa shape index (κ1) is 15.6. The number of amides is 1. The fourth-order valence-electron chi connectivity index (χ4n) is 2.40. The van der Waals surface area contributed by atoms with E-state index in [0.717, 1.165) is 11.1 Å². The zero-order valence-electron chi connectivity index (χ0n) is 12.5. The van der Waals surface area contributed by atoms with Gasteiger partial charge < -0.3 is 15.1 Å². The van der Waals surface area contributed by atoms with Crippen LogP contribution in [0.2, 0.25) is 0 Å². The number of likely N-dealkylation sites (tertiary alicyclic amines) is 1. The van der Waals surface area contributed by atoms with Crippen molar-refractivity contribution in [2.75, 3.05) is 19.7 Å². The molecule has 0 saturated carbocycles. The van der Waals surface area contributed by atoms with E-state index in [1.54, 1.807) is 17.0 Å². The van der Waals surface area contributed by atoms with E-state index in [9.17, 15) is 9.90 Å². The molecular formula is C17H21NO3. The quantitative estimate of drug-likeness (QED) is 0.766. The monoisotopic (exact) mass is 287 g/mol. The van der Waals surface area contributed by atoms with Crippen LogP contribution in [0, 0.1) is 18.8 Å². The summed E-state index contributed by atoms with van der Waals surface area (Å²) in [5, 5.41) is 18.7. The summed E-state index contributed by atoms with van der Waals surface area (Å²) in [6, 6.07) is 5.44. The summed E-state index contributed by atoms with van der Waals surface area (Å²) in [6.45, 7) is 4.67. The highest BCUT2D eigenvalue weighted by Crippen LogP contribution is 2.23. The van der Waals surface area contributed by atoms with Crippen molar-refractivity contribution in [2.24, 2.45) is 0 Å². The summed E-state index contributed by atoms with van der Waals surface area (Å²) >= 11 is 0. The molecule has 1 aromatic rings. The Bertz CT molecular complexity index is 586. The van der Waals surface area contributed by atoms with Crippen LogP contribution in [0.1, 0.15) is 41.3 Å². The van der Waals surface area contributed by atoms with Crippen molar-refractivity contribution in [3.05, 3.63) is 34.9 Å². The fourth-order valence-corrected chi connectivity index (χ4v) is 2.40. The van der Waals surface area contributed by atoms with Gasteiger partial charge in [-0.05, 0) is 44.4 Å². The van der Waals surface area contributed by atoms with Gasteiger partial charge in [0.2, 0.25) is 0 Å². The zero-order valence-corrected chi connectivity index (χ0v) is 12.5. The molecular weight excluding hydrogens is 266 g/mol. The van der Waals surface area contributed by atoms with Gasteiger partial charge in [-0.15, -0.1) is 0 Å². The number of benzene rings is 1. The van der Waals surface area contributed by atoms with Crippen LogP contribution in [0.3, 0.4) is 0 Å². The smallest absolute Gasteiger partial charge is 0.253 e. The van der Waals surface area contributed by atoms with Crippen LogP contribution in [0.25, 0.3) is 0 Å². The molecule has 0 bridgehead atoms. The van der Waals surface area contributed by atoms with Crippen molar-refractivity contribution in [1.29, 1.82) is 0 Å². The molecule has 1 amide bonds. The number of nitrogens with zero attached hydrogens (tertiary/aromatic N) is 1. The molecule has 4 heteroatoms. The van der Waals surface area contributed by atoms with Crippen LogP contribution >= 0.6 is 0 Å². The number of aliphatic hydroxyl groups is 2. The summed E-state index contributed by atoms with van der Waals surface area (Å²) in [5.74, 6) is 5.44. The Morgan fingerprint density at radius 1 is 1.38 bits per heavy atom. The molecule has 0 aliphatic carbocycles. The first-order valence-corrected chi connectivity index (χ1v) is 7.15. The third kappa shape index (κ3) is 3.84. The van der Waals surface area contributed by atoms with Crippen LogP contribution in [-0.4, -0.2) is 46.3 Å². The second-order valence-corrected chi connectivity index (χ2v) is 5.78. The van der Waals surface area contributed by atoms with Crippen molar-refractivity contribution >= 4 is 5.91 Å². The van der Waals surface area contributed by atoms with Crippen LogP contribution < -0.4 is 0 Å². The standard InChI is InChI=1S/C17H21NO3/c1-13-5-6-15(12-14(13)4-3-11-19)16(20)18-9-7-17(2,21)8-10-18/h5-6,12,19,21H,7-11H2,1-2H3. The Morgan fingerprint density at radius 3 is 2.67 bits per heavy atom.